The van der Waals surface area contributed by atoms with Crippen molar-refractivity contribution in [3.63, 3.8) is 0 Å². The minimum Gasteiger partial charge on any atom is -0.489 e. The van der Waals surface area contributed by atoms with Gasteiger partial charge in [-0.1, -0.05) is 12.1 Å². The first-order valence-electron chi connectivity index (χ1n) is 7.86. The van der Waals surface area contributed by atoms with Crippen LogP contribution in [0.1, 0.15) is 38.2 Å². The number of ether oxygens (including phenoxy) is 1. The third-order valence-electron chi connectivity index (χ3n) is 4.72. The molecule has 1 aromatic rings. The summed E-state index contributed by atoms with van der Waals surface area (Å²) in [5.74, 6) is 1.03. The summed E-state index contributed by atoms with van der Waals surface area (Å²) in [6.45, 7) is 5.66. The van der Waals surface area contributed by atoms with E-state index in [1.54, 1.807) is 0 Å². The molecule has 1 N–H and O–H groups in total. The summed E-state index contributed by atoms with van der Waals surface area (Å²) < 4.78 is 6.20. The standard InChI is InChI=1S/C17H26N2O/c1-17(9-5-10-18-17)14-6-3-7-15(12-14)20-16-8-4-11-19(2)13-16/h3,6-7,12,16,18H,4-5,8-11,13H2,1-2H3. The van der Waals surface area contributed by atoms with Crippen LogP contribution in [0.3, 0.4) is 0 Å². The topological polar surface area (TPSA) is 24.5 Å². The van der Waals surface area contributed by atoms with Gasteiger partial charge >= 0.3 is 0 Å². The van der Waals surface area contributed by atoms with E-state index in [1.807, 2.05) is 0 Å². The van der Waals surface area contributed by atoms with E-state index < -0.39 is 0 Å². The monoisotopic (exact) mass is 274 g/mol. The maximum Gasteiger partial charge on any atom is 0.120 e. The van der Waals surface area contributed by atoms with E-state index in [-0.39, 0.29) is 5.54 Å². The van der Waals surface area contributed by atoms with Gasteiger partial charge in [-0.25, -0.2) is 0 Å². The minimum atomic E-state index is 0.128. The second-order valence-electron chi connectivity index (χ2n) is 6.53. The zero-order chi connectivity index (χ0) is 14.0. The number of hydrogen-bond acceptors (Lipinski definition) is 3. The summed E-state index contributed by atoms with van der Waals surface area (Å²) in [7, 11) is 2.18. The van der Waals surface area contributed by atoms with Crippen molar-refractivity contribution in [2.75, 3.05) is 26.7 Å². The fourth-order valence-corrected chi connectivity index (χ4v) is 3.46. The quantitative estimate of drug-likeness (QED) is 0.917. The summed E-state index contributed by atoms with van der Waals surface area (Å²) >= 11 is 0. The zero-order valence-electron chi connectivity index (χ0n) is 12.7. The second kappa shape index (κ2) is 5.74. The Morgan fingerprint density at radius 3 is 3.00 bits per heavy atom. The molecule has 0 saturated carbocycles. The third-order valence-corrected chi connectivity index (χ3v) is 4.72. The Bertz CT molecular complexity index is 454. The molecule has 2 aliphatic rings. The van der Waals surface area contributed by atoms with Crippen LogP contribution in [-0.2, 0) is 5.54 Å². The molecule has 0 spiro atoms. The molecular weight excluding hydrogens is 248 g/mol. The van der Waals surface area contributed by atoms with Crippen LogP contribution in [0.2, 0.25) is 0 Å². The maximum absolute atomic E-state index is 6.20. The SMILES string of the molecule is CN1CCCC(Oc2cccc(C3(C)CCCN3)c2)C1. The average Bonchev–Trinajstić information content (AvgIpc) is 2.87. The van der Waals surface area contributed by atoms with E-state index in [2.05, 4.69) is 48.5 Å². The van der Waals surface area contributed by atoms with Crippen LogP contribution in [0.4, 0.5) is 0 Å². The molecular formula is C17H26N2O. The lowest BCUT2D eigenvalue weighted by Crippen LogP contribution is -2.38. The fourth-order valence-electron chi connectivity index (χ4n) is 3.46. The van der Waals surface area contributed by atoms with E-state index in [0.29, 0.717) is 6.10 Å². The molecule has 1 aromatic carbocycles. The van der Waals surface area contributed by atoms with Crippen LogP contribution < -0.4 is 10.1 Å². The number of likely N-dealkylation sites (N-methyl/N-ethyl adjacent to an activating group) is 1. The number of hydrogen-bond donors (Lipinski definition) is 1. The molecule has 0 aliphatic carbocycles. The van der Waals surface area contributed by atoms with Crippen LogP contribution in [0.15, 0.2) is 24.3 Å². The Labute approximate surface area is 122 Å². The van der Waals surface area contributed by atoms with Crippen LogP contribution in [0.5, 0.6) is 5.75 Å². The van der Waals surface area contributed by atoms with E-state index in [1.165, 1.54) is 37.8 Å². The van der Waals surface area contributed by atoms with Crippen LogP contribution in [-0.4, -0.2) is 37.7 Å². The molecule has 20 heavy (non-hydrogen) atoms. The molecule has 0 radical (unpaired) electrons. The van der Waals surface area contributed by atoms with E-state index in [9.17, 15) is 0 Å². The first-order valence-corrected chi connectivity index (χ1v) is 7.86. The van der Waals surface area contributed by atoms with Gasteiger partial charge in [0.1, 0.15) is 11.9 Å². The number of likely N-dealkylation sites (tertiary alicyclic amines) is 1. The summed E-state index contributed by atoms with van der Waals surface area (Å²) in [5, 5.41) is 3.62. The van der Waals surface area contributed by atoms with Crippen molar-refractivity contribution in [2.45, 2.75) is 44.2 Å². The molecule has 110 valence electrons. The van der Waals surface area contributed by atoms with Gasteiger partial charge in [0.25, 0.3) is 0 Å². The van der Waals surface area contributed by atoms with E-state index >= 15 is 0 Å². The van der Waals surface area contributed by atoms with Gasteiger partial charge in [-0.15, -0.1) is 0 Å². The predicted octanol–water partition coefficient (Wildman–Crippen LogP) is 2.76. The highest BCUT2D eigenvalue weighted by Gasteiger charge is 2.30. The van der Waals surface area contributed by atoms with Crippen molar-refractivity contribution in [1.82, 2.24) is 10.2 Å². The summed E-state index contributed by atoms with van der Waals surface area (Å²) in [6.07, 6.45) is 5.22. The lowest BCUT2D eigenvalue weighted by molar-refractivity contribution is 0.104. The first-order chi connectivity index (χ1) is 9.66. The Kier molecular flexibility index (Phi) is 3.99. The maximum atomic E-state index is 6.20. The number of nitrogens with zero attached hydrogens (tertiary/aromatic N) is 1. The van der Waals surface area contributed by atoms with Gasteiger partial charge in [0.2, 0.25) is 0 Å². The normalized spacial score (nSPS) is 31.4. The number of rotatable bonds is 3. The molecule has 2 saturated heterocycles. The van der Waals surface area contributed by atoms with Crippen molar-refractivity contribution in [1.29, 1.82) is 0 Å². The minimum absolute atomic E-state index is 0.128. The van der Waals surface area contributed by atoms with E-state index in [4.69, 9.17) is 4.74 Å². The molecule has 2 aliphatic heterocycles. The molecule has 0 aromatic heterocycles. The van der Waals surface area contributed by atoms with Crippen LogP contribution in [0.25, 0.3) is 0 Å². The van der Waals surface area contributed by atoms with Crippen LogP contribution >= 0.6 is 0 Å². The molecule has 2 heterocycles. The van der Waals surface area contributed by atoms with Gasteiger partial charge in [0.05, 0.1) is 0 Å². The molecule has 2 fully saturated rings. The molecule has 3 nitrogen and oxygen atoms in total. The van der Waals surface area contributed by atoms with E-state index in [0.717, 1.165) is 18.8 Å². The second-order valence-corrected chi connectivity index (χ2v) is 6.53. The summed E-state index contributed by atoms with van der Waals surface area (Å²) in [5.41, 5.74) is 1.49. The number of nitrogens with one attached hydrogen (secondary N) is 1. The third kappa shape index (κ3) is 2.99. The Morgan fingerprint density at radius 1 is 1.35 bits per heavy atom. The van der Waals surface area contributed by atoms with Crippen molar-refractivity contribution in [3.05, 3.63) is 29.8 Å². The van der Waals surface area contributed by atoms with Gasteiger partial charge in [-0.2, -0.15) is 0 Å². The Balaban J connectivity index is 1.71. The summed E-state index contributed by atoms with van der Waals surface area (Å²) in [4.78, 5) is 2.36. The van der Waals surface area contributed by atoms with Gasteiger partial charge in [0.15, 0.2) is 0 Å². The molecule has 2 unspecified atom stereocenters. The lowest BCUT2D eigenvalue weighted by Gasteiger charge is -2.31. The average molecular weight is 274 g/mol. The first kappa shape index (κ1) is 13.9. The van der Waals surface area contributed by atoms with Crippen molar-refractivity contribution in [3.8, 4) is 5.75 Å². The zero-order valence-corrected chi connectivity index (χ0v) is 12.7. The highest BCUT2D eigenvalue weighted by Crippen LogP contribution is 2.32. The fraction of sp³-hybridized carbons (Fsp3) is 0.647. The smallest absolute Gasteiger partial charge is 0.120 e. The molecule has 0 amide bonds. The Morgan fingerprint density at radius 2 is 2.25 bits per heavy atom. The number of benzene rings is 1. The lowest BCUT2D eigenvalue weighted by atomic mass is 9.90. The van der Waals surface area contributed by atoms with Crippen molar-refractivity contribution in [2.24, 2.45) is 0 Å². The highest BCUT2D eigenvalue weighted by molar-refractivity contribution is 5.34. The van der Waals surface area contributed by atoms with Crippen LogP contribution in [0, 0.1) is 0 Å². The van der Waals surface area contributed by atoms with Gasteiger partial charge in [-0.05, 0) is 70.4 Å². The Hall–Kier alpha value is -1.06. The molecule has 3 heteroatoms. The molecule has 2 atom stereocenters. The number of piperidine rings is 1. The molecule has 0 bridgehead atoms. The molecule has 3 rings (SSSR count). The van der Waals surface area contributed by atoms with Gasteiger partial charge in [-0.3, -0.25) is 0 Å². The van der Waals surface area contributed by atoms with Gasteiger partial charge < -0.3 is 15.0 Å². The van der Waals surface area contributed by atoms with Crippen molar-refractivity contribution >= 4 is 0 Å². The highest BCUT2D eigenvalue weighted by atomic mass is 16.5. The predicted molar refractivity (Wildman–Crippen MR) is 82.2 cm³/mol. The van der Waals surface area contributed by atoms with Gasteiger partial charge in [0, 0.05) is 12.1 Å². The summed E-state index contributed by atoms with van der Waals surface area (Å²) in [6, 6.07) is 8.67. The van der Waals surface area contributed by atoms with Crippen molar-refractivity contribution < 1.29 is 4.74 Å². The largest absolute Gasteiger partial charge is 0.489 e.